The minimum atomic E-state index is 0.535. The van der Waals surface area contributed by atoms with Gasteiger partial charge < -0.3 is 10.2 Å². The van der Waals surface area contributed by atoms with Crippen molar-refractivity contribution >= 4 is 11.6 Å². The monoisotopic (exact) mass is 282 g/mol. The number of rotatable bonds is 3. The molecule has 1 aliphatic heterocycles. The molecule has 0 aliphatic carbocycles. The van der Waals surface area contributed by atoms with Gasteiger partial charge in [0.2, 0.25) is 5.95 Å². The van der Waals surface area contributed by atoms with Gasteiger partial charge in [0, 0.05) is 36.7 Å². The summed E-state index contributed by atoms with van der Waals surface area (Å²) in [6.07, 6.45) is 4.07. The lowest BCUT2D eigenvalue weighted by molar-refractivity contribution is 0.519. The number of piperidine rings is 1. The Morgan fingerprint density at radius 2 is 1.95 bits per heavy atom. The highest BCUT2D eigenvalue weighted by atomic mass is 15.3. The molecule has 0 spiro atoms. The Morgan fingerprint density at radius 1 is 1.14 bits per heavy atom. The summed E-state index contributed by atoms with van der Waals surface area (Å²) in [5, 5.41) is 3.64. The van der Waals surface area contributed by atoms with E-state index in [1.807, 2.05) is 19.2 Å². The predicted molar refractivity (Wildman–Crippen MR) is 86.8 cm³/mol. The molecule has 1 aliphatic rings. The molecule has 0 atom stereocenters. The van der Waals surface area contributed by atoms with Gasteiger partial charge in [0.15, 0.2) is 0 Å². The van der Waals surface area contributed by atoms with E-state index >= 15 is 0 Å². The van der Waals surface area contributed by atoms with Crippen LogP contribution < -0.4 is 10.2 Å². The van der Waals surface area contributed by atoms with E-state index in [4.69, 9.17) is 0 Å². The van der Waals surface area contributed by atoms with E-state index in [-0.39, 0.29) is 0 Å². The van der Waals surface area contributed by atoms with E-state index in [0.717, 1.165) is 37.6 Å². The van der Waals surface area contributed by atoms with Crippen LogP contribution in [0.5, 0.6) is 0 Å². The van der Waals surface area contributed by atoms with E-state index in [1.165, 1.54) is 11.3 Å². The standard InChI is InChI=1S/C17H22N4/c1-13-4-3-5-16(12-13)20-15-7-10-21(11-8-15)17-18-9-6-14(2)19-17/h3-6,9,12,15,20H,7-8,10-11H2,1-2H3. The van der Waals surface area contributed by atoms with E-state index in [2.05, 4.69) is 51.4 Å². The Bertz CT molecular complexity index is 603. The second-order valence-electron chi connectivity index (χ2n) is 5.77. The van der Waals surface area contributed by atoms with Crippen molar-refractivity contribution < 1.29 is 0 Å². The van der Waals surface area contributed by atoms with Gasteiger partial charge in [-0.2, -0.15) is 0 Å². The first-order chi connectivity index (χ1) is 10.2. The number of aromatic nitrogens is 2. The molecule has 2 heterocycles. The summed E-state index contributed by atoms with van der Waals surface area (Å²) in [4.78, 5) is 11.2. The van der Waals surface area contributed by atoms with Gasteiger partial charge in [-0.15, -0.1) is 0 Å². The van der Waals surface area contributed by atoms with Gasteiger partial charge in [-0.1, -0.05) is 12.1 Å². The van der Waals surface area contributed by atoms with Crippen molar-refractivity contribution in [1.82, 2.24) is 9.97 Å². The maximum absolute atomic E-state index is 4.51. The normalized spacial score (nSPS) is 16.0. The molecule has 4 heteroatoms. The number of hydrogen-bond acceptors (Lipinski definition) is 4. The fourth-order valence-corrected chi connectivity index (χ4v) is 2.78. The Balaban J connectivity index is 1.58. The maximum atomic E-state index is 4.51. The lowest BCUT2D eigenvalue weighted by atomic mass is 10.0. The Morgan fingerprint density at radius 3 is 2.67 bits per heavy atom. The molecule has 1 fully saturated rings. The number of hydrogen-bond donors (Lipinski definition) is 1. The molecule has 0 amide bonds. The zero-order valence-corrected chi connectivity index (χ0v) is 12.7. The highest BCUT2D eigenvalue weighted by Gasteiger charge is 2.20. The van der Waals surface area contributed by atoms with E-state index in [0.29, 0.717) is 6.04 Å². The molecule has 1 saturated heterocycles. The van der Waals surface area contributed by atoms with Crippen LogP contribution in [0.1, 0.15) is 24.1 Å². The van der Waals surface area contributed by atoms with Gasteiger partial charge in [0.25, 0.3) is 0 Å². The van der Waals surface area contributed by atoms with Crippen molar-refractivity contribution in [3.05, 3.63) is 47.8 Å². The third-order valence-corrected chi connectivity index (χ3v) is 3.95. The minimum absolute atomic E-state index is 0.535. The summed E-state index contributed by atoms with van der Waals surface area (Å²) in [5.41, 5.74) is 3.55. The van der Waals surface area contributed by atoms with E-state index < -0.39 is 0 Å². The Hall–Kier alpha value is -2.10. The van der Waals surface area contributed by atoms with E-state index in [9.17, 15) is 0 Å². The highest BCUT2D eigenvalue weighted by molar-refractivity contribution is 5.46. The van der Waals surface area contributed by atoms with Gasteiger partial charge in [-0.3, -0.25) is 0 Å². The second kappa shape index (κ2) is 6.12. The van der Waals surface area contributed by atoms with Crippen molar-refractivity contribution in [3.8, 4) is 0 Å². The molecular weight excluding hydrogens is 260 g/mol. The van der Waals surface area contributed by atoms with Crippen LogP contribution in [0.2, 0.25) is 0 Å². The van der Waals surface area contributed by atoms with Crippen molar-refractivity contribution in [2.75, 3.05) is 23.3 Å². The lowest BCUT2D eigenvalue weighted by Gasteiger charge is -2.33. The molecule has 0 saturated carbocycles. The van der Waals surface area contributed by atoms with Crippen LogP contribution in [0.15, 0.2) is 36.5 Å². The predicted octanol–water partition coefficient (Wildman–Crippen LogP) is 3.17. The van der Waals surface area contributed by atoms with Gasteiger partial charge in [-0.25, -0.2) is 9.97 Å². The van der Waals surface area contributed by atoms with Crippen molar-refractivity contribution in [1.29, 1.82) is 0 Å². The average molecular weight is 282 g/mol. The third-order valence-electron chi connectivity index (χ3n) is 3.95. The molecule has 3 rings (SSSR count). The van der Waals surface area contributed by atoms with Crippen LogP contribution in [0, 0.1) is 13.8 Å². The lowest BCUT2D eigenvalue weighted by Crippen LogP contribution is -2.40. The number of anilines is 2. The summed E-state index contributed by atoms with van der Waals surface area (Å²) in [5.74, 6) is 0.865. The summed E-state index contributed by atoms with van der Waals surface area (Å²) in [7, 11) is 0. The first kappa shape index (κ1) is 13.9. The molecule has 0 unspecified atom stereocenters. The molecule has 1 aromatic heterocycles. The number of nitrogens with one attached hydrogen (secondary N) is 1. The molecule has 1 N–H and O–H groups in total. The summed E-state index contributed by atoms with van der Waals surface area (Å²) < 4.78 is 0. The zero-order valence-electron chi connectivity index (χ0n) is 12.7. The average Bonchev–Trinajstić information content (AvgIpc) is 2.48. The van der Waals surface area contributed by atoms with Crippen molar-refractivity contribution in [2.24, 2.45) is 0 Å². The molecule has 4 nitrogen and oxygen atoms in total. The largest absolute Gasteiger partial charge is 0.382 e. The third kappa shape index (κ3) is 3.51. The SMILES string of the molecule is Cc1cccc(NC2CCN(c3nccc(C)n3)CC2)c1. The van der Waals surface area contributed by atoms with Crippen molar-refractivity contribution in [2.45, 2.75) is 32.7 Å². The van der Waals surface area contributed by atoms with Crippen LogP contribution in [0.4, 0.5) is 11.6 Å². The zero-order chi connectivity index (χ0) is 14.7. The van der Waals surface area contributed by atoms with Crippen LogP contribution in [0.3, 0.4) is 0 Å². The fraction of sp³-hybridized carbons (Fsp3) is 0.412. The van der Waals surface area contributed by atoms with Crippen LogP contribution in [-0.4, -0.2) is 29.1 Å². The molecule has 0 bridgehead atoms. The molecule has 110 valence electrons. The molecule has 21 heavy (non-hydrogen) atoms. The Labute approximate surface area is 126 Å². The minimum Gasteiger partial charge on any atom is -0.382 e. The number of benzene rings is 1. The fourth-order valence-electron chi connectivity index (χ4n) is 2.78. The quantitative estimate of drug-likeness (QED) is 0.939. The molecule has 0 radical (unpaired) electrons. The van der Waals surface area contributed by atoms with Crippen LogP contribution in [0.25, 0.3) is 0 Å². The van der Waals surface area contributed by atoms with Crippen LogP contribution >= 0.6 is 0 Å². The second-order valence-corrected chi connectivity index (χ2v) is 5.77. The Kier molecular flexibility index (Phi) is 4.04. The molecule has 2 aromatic rings. The van der Waals surface area contributed by atoms with E-state index in [1.54, 1.807) is 0 Å². The van der Waals surface area contributed by atoms with Gasteiger partial charge in [0.1, 0.15) is 0 Å². The summed E-state index contributed by atoms with van der Waals surface area (Å²) in [6, 6.07) is 11.1. The molecular formula is C17H22N4. The maximum Gasteiger partial charge on any atom is 0.225 e. The van der Waals surface area contributed by atoms with Gasteiger partial charge in [0.05, 0.1) is 0 Å². The number of aryl methyl sites for hydroxylation is 2. The summed E-state index contributed by atoms with van der Waals surface area (Å²) in [6.45, 7) is 6.15. The van der Waals surface area contributed by atoms with Crippen molar-refractivity contribution in [3.63, 3.8) is 0 Å². The van der Waals surface area contributed by atoms with Gasteiger partial charge in [-0.05, 0) is 50.5 Å². The number of nitrogens with zero attached hydrogens (tertiary/aromatic N) is 3. The topological polar surface area (TPSA) is 41.0 Å². The first-order valence-electron chi connectivity index (χ1n) is 7.58. The van der Waals surface area contributed by atoms with Crippen LogP contribution in [-0.2, 0) is 0 Å². The highest BCUT2D eigenvalue weighted by Crippen LogP contribution is 2.20. The smallest absolute Gasteiger partial charge is 0.225 e. The first-order valence-corrected chi connectivity index (χ1v) is 7.58. The van der Waals surface area contributed by atoms with Gasteiger partial charge >= 0.3 is 0 Å². The molecule has 1 aromatic carbocycles. The summed E-state index contributed by atoms with van der Waals surface area (Å²) >= 11 is 0.